The van der Waals surface area contributed by atoms with Gasteiger partial charge in [-0.15, -0.1) is 0 Å². The van der Waals surface area contributed by atoms with Gasteiger partial charge in [-0.3, -0.25) is 9.59 Å². The van der Waals surface area contributed by atoms with Gasteiger partial charge < -0.3 is 18.8 Å². The second kappa shape index (κ2) is 6.95. The summed E-state index contributed by atoms with van der Waals surface area (Å²) in [5.74, 6) is 0.346. The molecule has 2 aliphatic heterocycles. The van der Waals surface area contributed by atoms with Gasteiger partial charge in [-0.25, -0.2) is 4.39 Å². The number of para-hydroxylation sites is 1. The molecule has 1 atom stereocenters. The quantitative estimate of drug-likeness (QED) is 0.483. The molecule has 0 saturated carbocycles. The summed E-state index contributed by atoms with van der Waals surface area (Å²) < 4.78 is 30.8. The van der Waals surface area contributed by atoms with E-state index in [0.717, 1.165) is 5.56 Å². The molecule has 0 bridgehead atoms. The number of benzene rings is 3. The van der Waals surface area contributed by atoms with Crippen molar-refractivity contribution >= 4 is 16.9 Å². The van der Waals surface area contributed by atoms with Crippen LogP contribution >= 0.6 is 0 Å². The Morgan fingerprint density at radius 2 is 1.78 bits per heavy atom. The van der Waals surface area contributed by atoms with Crippen molar-refractivity contribution in [3.8, 4) is 11.5 Å². The fourth-order valence-electron chi connectivity index (χ4n) is 4.39. The summed E-state index contributed by atoms with van der Waals surface area (Å²) in [5.41, 5.74) is 1.56. The van der Waals surface area contributed by atoms with Gasteiger partial charge in [0.2, 0.25) is 12.6 Å². The van der Waals surface area contributed by atoms with Crippen LogP contribution in [0.25, 0.3) is 11.0 Å². The van der Waals surface area contributed by atoms with Crippen molar-refractivity contribution in [1.29, 1.82) is 0 Å². The molecule has 3 aromatic carbocycles. The lowest BCUT2D eigenvalue weighted by atomic mass is 9.98. The minimum Gasteiger partial charge on any atom is -0.454 e. The number of fused-ring (bicyclic) bond motifs is 3. The Morgan fingerprint density at radius 1 is 0.938 bits per heavy atom. The van der Waals surface area contributed by atoms with Crippen LogP contribution in [0.2, 0.25) is 0 Å². The SMILES string of the molecule is O=C1c2oc3ccccc3c(=O)c2C(c2cccc(F)c2)N1Cc1ccc2c(c1)OCO2. The Hall–Kier alpha value is -4.13. The predicted molar refractivity (Wildman–Crippen MR) is 113 cm³/mol. The molecule has 0 saturated heterocycles. The molecule has 7 heteroatoms. The van der Waals surface area contributed by atoms with Crippen molar-refractivity contribution < 1.29 is 23.1 Å². The summed E-state index contributed by atoms with van der Waals surface area (Å²) >= 11 is 0. The average molecular weight is 429 g/mol. The first-order chi connectivity index (χ1) is 15.6. The summed E-state index contributed by atoms with van der Waals surface area (Å²) in [5, 5.41) is 0.380. The highest BCUT2D eigenvalue weighted by atomic mass is 19.1. The van der Waals surface area contributed by atoms with Crippen LogP contribution in [0.3, 0.4) is 0 Å². The predicted octanol–water partition coefficient (Wildman–Crippen LogP) is 4.41. The van der Waals surface area contributed by atoms with Gasteiger partial charge in [-0.05, 0) is 47.5 Å². The number of hydrogen-bond acceptors (Lipinski definition) is 5. The largest absolute Gasteiger partial charge is 0.454 e. The van der Waals surface area contributed by atoms with Crippen molar-refractivity contribution in [3.05, 3.63) is 105 Å². The third-order valence-corrected chi connectivity index (χ3v) is 5.83. The lowest BCUT2D eigenvalue weighted by Crippen LogP contribution is -2.29. The first-order valence-electron chi connectivity index (χ1n) is 10.1. The average Bonchev–Trinajstić information content (AvgIpc) is 3.37. The van der Waals surface area contributed by atoms with E-state index in [4.69, 9.17) is 13.9 Å². The third kappa shape index (κ3) is 2.78. The normalized spacial score (nSPS) is 16.6. The number of nitrogens with zero attached hydrogens (tertiary/aromatic N) is 1. The van der Waals surface area contributed by atoms with E-state index >= 15 is 0 Å². The third-order valence-electron chi connectivity index (χ3n) is 5.83. The molecular formula is C25H16FNO5. The fraction of sp³-hybridized carbons (Fsp3) is 0.120. The molecule has 0 N–H and O–H groups in total. The van der Waals surface area contributed by atoms with Crippen LogP contribution in [0.4, 0.5) is 4.39 Å². The van der Waals surface area contributed by atoms with Crippen LogP contribution in [0.15, 0.2) is 75.9 Å². The molecule has 3 heterocycles. The number of halogens is 1. The number of hydrogen-bond donors (Lipinski definition) is 0. The Balaban J connectivity index is 1.52. The molecule has 0 aliphatic carbocycles. The summed E-state index contributed by atoms with van der Waals surface area (Å²) in [4.78, 5) is 28.4. The smallest absolute Gasteiger partial charge is 0.291 e. The molecule has 4 aromatic rings. The minimum atomic E-state index is -0.778. The maximum Gasteiger partial charge on any atom is 0.291 e. The number of rotatable bonds is 3. The van der Waals surface area contributed by atoms with Crippen LogP contribution in [-0.2, 0) is 6.54 Å². The van der Waals surface area contributed by atoms with E-state index in [-0.39, 0.29) is 30.1 Å². The topological polar surface area (TPSA) is 69.0 Å². The Kier molecular flexibility index (Phi) is 4.04. The second-order valence-electron chi connectivity index (χ2n) is 7.75. The zero-order valence-corrected chi connectivity index (χ0v) is 16.7. The monoisotopic (exact) mass is 429 g/mol. The van der Waals surface area contributed by atoms with Crippen LogP contribution in [0.1, 0.15) is 33.3 Å². The van der Waals surface area contributed by atoms with E-state index in [0.29, 0.717) is 28.0 Å². The standard InChI is InChI=1S/C25H16FNO5/c26-16-5-3-4-15(11-16)22-21-23(28)17-6-1-2-7-18(17)32-24(21)25(29)27(22)12-14-8-9-19-20(10-14)31-13-30-19/h1-11,22H,12-13H2. The van der Waals surface area contributed by atoms with E-state index in [1.54, 1.807) is 48.5 Å². The summed E-state index contributed by atoms with van der Waals surface area (Å²) in [6.45, 7) is 0.320. The molecule has 0 fully saturated rings. The van der Waals surface area contributed by atoms with Gasteiger partial charge in [0, 0.05) is 6.54 Å². The number of carbonyl (C=O) groups is 1. The van der Waals surface area contributed by atoms with Crippen molar-refractivity contribution in [2.75, 3.05) is 6.79 Å². The first-order valence-corrected chi connectivity index (χ1v) is 10.1. The highest BCUT2D eigenvalue weighted by molar-refractivity contribution is 5.99. The first kappa shape index (κ1) is 18.6. The maximum atomic E-state index is 14.1. The van der Waals surface area contributed by atoms with Gasteiger partial charge >= 0.3 is 0 Å². The number of ether oxygens (including phenoxy) is 2. The summed E-state index contributed by atoms with van der Waals surface area (Å²) in [7, 11) is 0. The van der Waals surface area contributed by atoms with Gasteiger partial charge in [0.25, 0.3) is 5.91 Å². The zero-order chi connectivity index (χ0) is 21.8. The summed E-state index contributed by atoms with van der Waals surface area (Å²) in [6, 6.07) is 17.4. The van der Waals surface area contributed by atoms with Gasteiger partial charge in [0.15, 0.2) is 16.9 Å². The molecule has 0 spiro atoms. The Morgan fingerprint density at radius 3 is 2.66 bits per heavy atom. The lowest BCUT2D eigenvalue weighted by Gasteiger charge is -2.25. The highest BCUT2D eigenvalue weighted by Crippen LogP contribution is 2.40. The lowest BCUT2D eigenvalue weighted by molar-refractivity contribution is 0.0714. The van der Waals surface area contributed by atoms with Crippen LogP contribution in [-0.4, -0.2) is 17.6 Å². The highest BCUT2D eigenvalue weighted by Gasteiger charge is 2.42. The van der Waals surface area contributed by atoms with Gasteiger partial charge in [-0.1, -0.05) is 30.3 Å². The van der Waals surface area contributed by atoms with Gasteiger partial charge in [-0.2, -0.15) is 0 Å². The van der Waals surface area contributed by atoms with Crippen LogP contribution in [0.5, 0.6) is 11.5 Å². The molecule has 0 radical (unpaired) electrons. The van der Waals surface area contributed by atoms with E-state index in [9.17, 15) is 14.0 Å². The molecule has 6 nitrogen and oxygen atoms in total. The Bertz CT molecular complexity index is 1460. The molecule has 1 aromatic heterocycles. The molecular weight excluding hydrogens is 413 g/mol. The van der Waals surface area contributed by atoms with Gasteiger partial charge in [0.05, 0.1) is 17.0 Å². The van der Waals surface area contributed by atoms with Crippen molar-refractivity contribution in [1.82, 2.24) is 4.90 Å². The molecule has 158 valence electrons. The Labute approximate surface area is 181 Å². The van der Waals surface area contributed by atoms with Crippen molar-refractivity contribution in [3.63, 3.8) is 0 Å². The molecule has 32 heavy (non-hydrogen) atoms. The van der Waals surface area contributed by atoms with Crippen LogP contribution < -0.4 is 14.9 Å². The number of carbonyl (C=O) groups excluding carboxylic acids is 1. The molecule has 6 rings (SSSR count). The van der Waals surface area contributed by atoms with Crippen molar-refractivity contribution in [2.45, 2.75) is 12.6 Å². The van der Waals surface area contributed by atoms with E-state index in [1.807, 2.05) is 6.07 Å². The van der Waals surface area contributed by atoms with Crippen LogP contribution in [0, 0.1) is 5.82 Å². The van der Waals surface area contributed by atoms with Crippen molar-refractivity contribution in [2.24, 2.45) is 0 Å². The maximum absolute atomic E-state index is 14.1. The van der Waals surface area contributed by atoms with E-state index < -0.39 is 17.8 Å². The summed E-state index contributed by atoms with van der Waals surface area (Å²) in [6.07, 6.45) is 0. The second-order valence-corrected chi connectivity index (χ2v) is 7.75. The zero-order valence-electron chi connectivity index (χ0n) is 16.7. The van der Waals surface area contributed by atoms with Gasteiger partial charge in [0.1, 0.15) is 11.4 Å². The molecule has 1 amide bonds. The fourth-order valence-corrected chi connectivity index (χ4v) is 4.39. The number of amides is 1. The van der Waals surface area contributed by atoms with E-state index in [2.05, 4.69) is 0 Å². The molecule has 1 unspecified atom stereocenters. The minimum absolute atomic E-state index is 0.0105. The molecule has 2 aliphatic rings. The van der Waals surface area contributed by atoms with E-state index in [1.165, 1.54) is 17.0 Å².